The Bertz CT molecular complexity index is 595. The maximum absolute atomic E-state index is 4.51. The zero-order chi connectivity index (χ0) is 12.7. The van der Waals surface area contributed by atoms with E-state index in [9.17, 15) is 0 Å². The van der Waals surface area contributed by atoms with Crippen LogP contribution < -0.4 is 5.32 Å². The highest BCUT2D eigenvalue weighted by molar-refractivity contribution is 5.92. The first-order chi connectivity index (χ1) is 9.42. The fraction of sp³-hybridized carbons (Fsp3) is 0.600. The van der Waals surface area contributed by atoms with Crippen LogP contribution in [0.2, 0.25) is 0 Å². The second-order valence-corrected chi connectivity index (χ2v) is 5.86. The van der Waals surface area contributed by atoms with Gasteiger partial charge in [0.2, 0.25) is 0 Å². The number of nitrogens with one attached hydrogen (secondary N) is 2. The second-order valence-electron chi connectivity index (χ2n) is 5.86. The number of fused-ring (bicyclic) bond motifs is 3. The Balaban J connectivity index is 1.72. The van der Waals surface area contributed by atoms with Gasteiger partial charge in [0.15, 0.2) is 0 Å². The van der Waals surface area contributed by atoms with Crippen molar-refractivity contribution in [3.63, 3.8) is 0 Å². The maximum atomic E-state index is 4.51. The van der Waals surface area contributed by atoms with E-state index in [1.54, 1.807) is 6.33 Å². The molecule has 4 nitrogen and oxygen atoms in total. The van der Waals surface area contributed by atoms with Crippen molar-refractivity contribution in [2.45, 2.75) is 57.4 Å². The lowest BCUT2D eigenvalue weighted by molar-refractivity contribution is 0.462. The molecule has 100 valence electrons. The van der Waals surface area contributed by atoms with Crippen molar-refractivity contribution in [3.05, 3.63) is 17.6 Å². The van der Waals surface area contributed by atoms with Gasteiger partial charge in [-0.3, -0.25) is 0 Å². The van der Waals surface area contributed by atoms with Gasteiger partial charge in [-0.05, 0) is 37.7 Å². The summed E-state index contributed by atoms with van der Waals surface area (Å²) >= 11 is 0. The number of nitrogens with zero attached hydrogens (tertiary/aromatic N) is 2. The van der Waals surface area contributed by atoms with Crippen molar-refractivity contribution in [1.82, 2.24) is 15.0 Å². The van der Waals surface area contributed by atoms with E-state index in [2.05, 4.69) is 20.3 Å². The lowest BCUT2D eigenvalue weighted by Crippen LogP contribution is -2.23. The molecule has 4 rings (SSSR count). The summed E-state index contributed by atoms with van der Waals surface area (Å²) in [5.74, 6) is 1.05. The SMILES string of the molecule is c1nc(NC2CCCCC2)c2c3c([nH]c2n1)CCC3. The molecule has 4 heteroatoms. The zero-order valence-corrected chi connectivity index (χ0v) is 11.2. The first-order valence-corrected chi connectivity index (χ1v) is 7.53. The van der Waals surface area contributed by atoms with Crippen LogP contribution in [0.3, 0.4) is 0 Å². The molecule has 0 amide bonds. The van der Waals surface area contributed by atoms with Gasteiger partial charge in [0, 0.05) is 11.7 Å². The number of aromatic nitrogens is 3. The van der Waals surface area contributed by atoms with E-state index >= 15 is 0 Å². The Labute approximate surface area is 113 Å². The number of rotatable bonds is 2. The monoisotopic (exact) mass is 256 g/mol. The van der Waals surface area contributed by atoms with Crippen molar-refractivity contribution in [3.8, 4) is 0 Å². The summed E-state index contributed by atoms with van der Waals surface area (Å²) in [4.78, 5) is 12.4. The highest BCUT2D eigenvalue weighted by atomic mass is 15.1. The smallest absolute Gasteiger partial charge is 0.143 e. The normalized spacial score (nSPS) is 19.8. The van der Waals surface area contributed by atoms with Crippen molar-refractivity contribution in [2.24, 2.45) is 0 Å². The average molecular weight is 256 g/mol. The molecule has 0 bridgehead atoms. The van der Waals surface area contributed by atoms with Gasteiger partial charge in [-0.2, -0.15) is 0 Å². The highest BCUT2D eigenvalue weighted by Gasteiger charge is 2.22. The number of H-pyrrole nitrogens is 1. The van der Waals surface area contributed by atoms with Gasteiger partial charge in [0.25, 0.3) is 0 Å². The Morgan fingerprint density at radius 1 is 1.05 bits per heavy atom. The minimum atomic E-state index is 0.596. The zero-order valence-electron chi connectivity index (χ0n) is 11.2. The van der Waals surface area contributed by atoms with Crippen molar-refractivity contribution < 1.29 is 0 Å². The first kappa shape index (κ1) is 11.3. The molecule has 0 unspecified atom stereocenters. The van der Waals surface area contributed by atoms with E-state index in [-0.39, 0.29) is 0 Å². The molecule has 1 fully saturated rings. The van der Waals surface area contributed by atoms with Crippen molar-refractivity contribution in [1.29, 1.82) is 0 Å². The first-order valence-electron chi connectivity index (χ1n) is 7.53. The van der Waals surface area contributed by atoms with Crippen LogP contribution in [0.5, 0.6) is 0 Å². The highest BCUT2D eigenvalue weighted by Crippen LogP contribution is 2.33. The van der Waals surface area contributed by atoms with Gasteiger partial charge < -0.3 is 10.3 Å². The van der Waals surface area contributed by atoms with Gasteiger partial charge in [-0.25, -0.2) is 9.97 Å². The molecule has 0 saturated heterocycles. The van der Waals surface area contributed by atoms with Crippen LogP contribution in [-0.2, 0) is 12.8 Å². The van der Waals surface area contributed by atoms with Gasteiger partial charge >= 0.3 is 0 Å². The Morgan fingerprint density at radius 2 is 1.95 bits per heavy atom. The molecule has 0 atom stereocenters. The van der Waals surface area contributed by atoms with E-state index in [1.165, 1.54) is 61.6 Å². The van der Waals surface area contributed by atoms with Crippen LogP contribution in [-0.4, -0.2) is 21.0 Å². The summed E-state index contributed by atoms with van der Waals surface area (Å²) in [5, 5.41) is 4.92. The molecule has 1 saturated carbocycles. The molecule has 0 aliphatic heterocycles. The fourth-order valence-corrected chi connectivity index (χ4v) is 3.62. The average Bonchev–Trinajstić information content (AvgIpc) is 3.00. The maximum Gasteiger partial charge on any atom is 0.143 e. The van der Waals surface area contributed by atoms with Crippen LogP contribution in [0.25, 0.3) is 11.0 Å². The van der Waals surface area contributed by atoms with E-state index in [1.807, 2.05) is 0 Å². The molecule has 0 aromatic carbocycles. The van der Waals surface area contributed by atoms with E-state index in [4.69, 9.17) is 0 Å². The predicted molar refractivity (Wildman–Crippen MR) is 76.4 cm³/mol. The number of anilines is 1. The van der Waals surface area contributed by atoms with E-state index < -0.39 is 0 Å². The molecular formula is C15H20N4. The molecule has 0 radical (unpaired) electrons. The van der Waals surface area contributed by atoms with Crippen LogP contribution >= 0.6 is 0 Å². The standard InChI is InChI=1S/C15H20N4/c1-2-5-10(6-3-1)18-14-13-11-7-4-8-12(11)19-15(13)17-9-16-14/h9-10H,1-8H2,(H2,16,17,18,19). The molecule has 19 heavy (non-hydrogen) atoms. The summed E-state index contributed by atoms with van der Waals surface area (Å²) < 4.78 is 0. The van der Waals surface area contributed by atoms with E-state index in [0.717, 1.165) is 17.9 Å². The third kappa shape index (κ3) is 1.90. The third-order valence-electron chi connectivity index (χ3n) is 4.58. The summed E-state index contributed by atoms with van der Waals surface area (Å²) in [6.45, 7) is 0. The van der Waals surface area contributed by atoms with Crippen LogP contribution in [0.15, 0.2) is 6.33 Å². The van der Waals surface area contributed by atoms with Crippen LogP contribution in [0, 0.1) is 0 Å². The van der Waals surface area contributed by atoms with Gasteiger partial charge in [-0.15, -0.1) is 0 Å². The minimum absolute atomic E-state index is 0.596. The quantitative estimate of drug-likeness (QED) is 0.867. The summed E-state index contributed by atoms with van der Waals surface area (Å²) in [6, 6.07) is 0.596. The molecule has 2 N–H and O–H groups in total. The summed E-state index contributed by atoms with van der Waals surface area (Å²) in [7, 11) is 0. The Hall–Kier alpha value is -1.58. The van der Waals surface area contributed by atoms with Gasteiger partial charge in [-0.1, -0.05) is 19.3 Å². The topological polar surface area (TPSA) is 53.6 Å². The summed E-state index contributed by atoms with van der Waals surface area (Å²) in [6.07, 6.45) is 11.9. The van der Waals surface area contributed by atoms with Gasteiger partial charge in [0.1, 0.15) is 17.8 Å². The number of hydrogen-bond acceptors (Lipinski definition) is 3. The van der Waals surface area contributed by atoms with Crippen molar-refractivity contribution in [2.75, 3.05) is 5.32 Å². The molecule has 2 heterocycles. The molecule has 2 aliphatic rings. The molecule has 2 aromatic rings. The molecule has 0 spiro atoms. The van der Waals surface area contributed by atoms with Crippen LogP contribution in [0.1, 0.15) is 49.8 Å². The Kier molecular flexibility index (Phi) is 2.67. The largest absolute Gasteiger partial charge is 0.367 e. The van der Waals surface area contributed by atoms with Crippen LogP contribution in [0.4, 0.5) is 5.82 Å². The van der Waals surface area contributed by atoms with Crippen molar-refractivity contribution >= 4 is 16.9 Å². The second kappa shape index (κ2) is 4.51. The predicted octanol–water partition coefficient (Wildman–Crippen LogP) is 3.19. The third-order valence-corrected chi connectivity index (χ3v) is 4.58. The molecular weight excluding hydrogens is 236 g/mol. The lowest BCUT2D eigenvalue weighted by atomic mass is 9.95. The number of aromatic amines is 1. The van der Waals surface area contributed by atoms with Gasteiger partial charge in [0.05, 0.1) is 5.39 Å². The Morgan fingerprint density at radius 3 is 2.84 bits per heavy atom. The minimum Gasteiger partial charge on any atom is -0.367 e. The lowest BCUT2D eigenvalue weighted by Gasteiger charge is -2.23. The fourth-order valence-electron chi connectivity index (χ4n) is 3.62. The summed E-state index contributed by atoms with van der Waals surface area (Å²) in [5.41, 5.74) is 3.84. The number of hydrogen-bond donors (Lipinski definition) is 2. The molecule has 2 aliphatic carbocycles. The number of aryl methyl sites for hydroxylation is 2. The molecule has 2 aromatic heterocycles. The van der Waals surface area contributed by atoms with E-state index in [0.29, 0.717) is 6.04 Å².